The molecule has 7 N–H and O–H groups in total. The molecule has 8 aliphatic rings. The highest BCUT2D eigenvalue weighted by atomic mass is 19.1. The van der Waals surface area contributed by atoms with E-state index in [-0.39, 0.29) is 47.4 Å². The Labute approximate surface area is 666 Å². The monoisotopic (exact) mass is 1550 g/mol. The minimum absolute atomic E-state index is 0.0373. The summed E-state index contributed by atoms with van der Waals surface area (Å²) < 4.78 is 47.6. The van der Waals surface area contributed by atoms with Gasteiger partial charge < -0.3 is 60.3 Å². The summed E-state index contributed by atoms with van der Waals surface area (Å²) in [5, 5.41) is 35.0. The van der Waals surface area contributed by atoms with Crippen molar-refractivity contribution in [2.75, 3.05) is 139 Å². The van der Waals surface area contributed by atoms with E-state index in [0.29, 0.717) is 49.1 Å². The first-order chi connectivity index (χ1) is 56.5. The number of H-pyrrole nitrogens is 3. The van der Waals surface area contributed by atoms with Crippen molar-refractivity contribution in [2.45, 2.75) is 106 Å². The second-order valence-electron chi connectivity index (χ2n) is 30.7. The van der Waals surface area contributed by atoms with Gasteiger partial charge in [0.15, 0.2) is 29.1 Å². The summed E-state index contributed by atoms with van der Waals surface area (Å²) >= 11 is 0. The Morgan fingerprint density at radius 1 is 0.374 bits per heavy atom. The van der Waals surface area contributed by atoms with Gasteiger partial charge >= 0.3 is 0 Å². The lowest BCUT2D eigenvalue weighted by atomic mass is 10.0. The number of rotatable bonds is 20. The minimum Gasteiger partial charge on any atom is -0.377 e. The fourth-order valence-corrected chi connectivity index (χ4v) is 15.7. The molecule has 30 heteroatoms. The highest BCUT2D eigenvalue weighted by Crippen LogP contribution is 2.44. The molecule has 4 unspecified atom stereocenters. The number of morpholine rings is 1. The fraction of sp³-hybridized carbons (Fsp3) is 0.365. The van der Waals surface area contributed by atoms with Crippen molar-refractivity contribution >= 4 is 75.5 Å². The van der Waals surface area contributed by atoms with E-state index in [2.05, 4.69) is 213 Å². The summed E-state index contributed by atoms with van der Waals surface area (Å²) in [7, 11) is 4.33. The zero-order valence-corrected chi connectivity index (χ0v) is 64.5. The van der Waals surface area contributed by atoms with E-state index in [1.54, 1.807) is 31.1 Å². The lowest BCUT2D eigenvalue weighted by Gasteiger charge is -2.41. The predicted molar refractivity (Wildman–Crippen MR) is 440 cm³/mol. The van der Waals surface area contributed by atoms with Crippen molar-refractivity contribution in [1.82, 2.24) is 85.2 Å². The third kappa shape index (κ3) is 18.9. The molecular weight excluding hydrogens is 1460 g/mol. The van der Waals surface area contributed by atoms with Crippen LogP contribution in [0.3, 0.4) is 0 Å². The number of halogens is 3. The molecule has 0 amide bonds. The molecule has 0 radical (unpaired) electrons. The number of nitrogens with zero attached hydrogens (tertiary/aromatic N) is 19. The van der Waals surface area contributed by atoms with Gasteiger partial charge in [-0.05, 0) is 137 Å². The summed E-state index contributed by atoms with van der Waals surface area (Å²) in [6.45, 7) is 10.8. The zero-order chi connectivity index (χ0) is 78.0. The summed E-state index contributed by atoms with van der Waals surface area (Å²) in [4.78, 5) is 55.5. The van der Waals surface area contributed by atoms with Crippen LogP contribution >= 0.6 is 0 Å². The Hall–Kier alpha value is -12.2. The molecule has 8 fully saturated rings. The number of aromatic amines is 3. The van der Waals surface area contributed by atoms with Crippen LogP contribution in [0, 0.1) is 17.5 Å². The Bertz CT molecular complexity index is 5140. The van der Waals surface area contributed by atoms with Gasteiger partial charge in [-0.3, -0.25) is 15.3 Å². The first-order valence-corrected chi connectivity index (χ1v) is 40.0. The van der Waals surface area contributed by atoms with Crippen LogP contribution in [0.5, 0.6) is 0 Å². The molecule has 20 rings (SSSR count). The van der Waals surface area contributed by atoms with E-state index >= 15 is 4.39 Å². The molecular formula is C85H95F3N26O. The number of likely N-dealkylation sites (N-methyl/N-ethyl adjacent to an activating group) is 2. The van der Waals surface area contributed by atoms with Crippen LogP contribution in [-0.2, 0) is 4.74 Å². The van der Waals surface area contributed by atoms with Gasteiger partial charge in [-0.15, -0.1) is 0 Å². The van der Waals surface area contributed by atoms with Crippen LogP contribution in [-0.4, -0.2) is 178 Å². The van der Waals surface area contributed by atoms with Gasteiger partial charge in [-0.1, -0.05) is 84.9 Å². The van der Waals surface area contributed by atoms with Crippen LogP contribution in [0.2, 0.25) is 0 Å². The summed E-state index contributed by atoms with van der Waals surface area (Å²) in [6.07, 6.45) is 19.3. The standard InChI is InChI=1S/C24H28FN7.C21H25N7.C20H20F2N6.C20H22N6O/c1-30-11-13-31(14-12-30)20-8-9-22(26-16-20)29-23-15-24(28-17-27-23)32-10-2-3-21(32)18-4-6-19(25)7-5-18;1-27-9-10-28(18(13-27)16-5-3-2-4-6-16)21-12-19(22-14-23-21)24-20-11-17(25-26-20)15-7-8-15;21-14-7-5-13(6-8-14)16-2-1-9-28(16)20-18(22)19(23-11-24-20)25-17-10-15(26-27-17)12-3-4-12;1-2-4-15(5-3-1)17-12-27-9-8-26(17)20-11-18(21-13-22-20)23-19-10-16(24-25-19)14-6-7-14/h4-9,15-17,21H,2-3,10-14H2,1H3,(H,26,27,28,29);2-6,11-12,14-15,18H,7-10,13H2,1H3,(H2,22,23,24,25,26);5-8,10-12,16H,1-4,9H2,(H2,23,24,25,26,27);1-5,10-11,13-14,17H,6-9,12H2,(H2,21,22,23,24,25). The molecule has 115 heavy (non-hydrogen) atoms. The number of ether oxygens (including phenoxy) is 1. The van der Waals surface area contributed by atoms with E-state index in [9.17, 15) is 8.78 Å². The highest BCUT2D eigenvalue weighted by molar-refractivity contribution is 5.63. The van der Waals surface area contributed by atoms with Crippen LogP contribution in [0.4, 0.5) is 88.7 Å². The van der Waals surface area contributed by atoms with Crippen molar-refractivity contribution < 1.29 is 17.9 Å². The molecule has 3 aliphatic carbocycles. The van der Waals surface area contributed by atoms with Crippen LogP contribution < -0.4 is 45.8 Å². The highest BCUT2D eigenvalue weighted by Gasteiger charge is 2.35. The molecule has 27 nitrogen and oxygen atoms in total. The Morgan fingerprint density at radius 3 is 1.34 bits per heavy atom. The van der Waals surface area contributed by atoms with Gasteiger partial charge in [0, 0.05) is 137 Å². The molecule has 0 spiro atoms. The van der Waals surface area contributed by atoms with E-state index < -0.39 is 5.82 Å². The lowest BCUT2D eigenvalue weighted by molar-refractivity contribution is 0.0937. The van der Waals surface area contributed by atoms with Gasteiger partial charge in [0.1, 0.15) is 77.7 Å². The molecule has 4 atom stereocenters. The first kappa shape index (κ1) is 75.5. The SMILES string of the molecule is CN1CCN(c2cc(Nc3cc(C4CC4)[nH]n3)ncn2)C(c2ccccc2)C1.CN1CCN(c2ccc(Nc3cc(N4CCCC4c4ccc(F)cc4)ncn3)nc2)CC1.Fc1ccc(C2CCCN2c2ncnc(Nc3cc(C4CC4)[nH]n3)c2F)cc1.c1ccc(C2COCCN2c2cc(Nc3cc(C4CC4)[nH]n3)ncn2)cc1. The number of hydrogen-bond donors (Lipinski definition) is 7. The molecule has 8 aromatic heterocycles. The first-order valence-electron chi connectivity index (χ1n) is 40.0. The van der Waals surface area contributed by atoms with Crippen molar-refractivity contribution in [1.29, 1.82) is 0 Å². The largest absolute Gasteiger partial charge is 0.377 e. The Balaban J connectivity index is 0.000000111. The van der Waals surface area contributed by atoms with Gasteiger partial charge in [0.05, 0.1) is 49.3 Å². The molecule has 592 valence electrons. The maximum absolute atomic E-state index is 15.2. The fourth-order valence-electron chi connectivity index (χ4n) is 15.7. The van der Waals surface area contributed by atoms with Crippen LogP contribution in [0.1, 0.15) is 145 Å². The number of aromatic nitrogens is 15. The normalized spacial score (nSPS) is 19.7. The maximum Gasteiger partial charge on any atom is 0.208 e. The maximum atomic E-state index is 15.2. The molecule has 13 heterocycles. The third-order valence-electron chi connectivity index (χ3n) is 22.5. The van der Waals surface area contributed by atoms with Crippen molar-refractivity contribution in [2.24, 2.45) is 0 Å². The number of pyridine rings is 1. The third-order valence-corrected chi connectivity index (χ3v) is 22.5. The zero-order valence-electron chi connectivity index (χ0n) is 64.5. The summed E-state index contributed by atoms with van der Waals surface area (Å²) in [5.74, 6) is 9.01. The van der Waals surface area contributed by atoms with Gasteiger partial charge in [-0.2, -0.15) is 19.7 Å². The molecule has 5 saturated heterocycles. The van der Waals surface area contributed by atoms with Gasteiger partial charge in [-0.25, -0.2) is 53.6 Å². The smallest absolute Gasteiger partial charge is 0.208 e. The van der Waals surface area contributed by atoms with Crippen LogP contribution in [0.15, 0.2) is 189 Å². The van der Waals surface area contributed by atoms with Gasteiger partial charge in [0.2, 0.25) is 5.82 Å². The summed E-state index contributed by atoms with van der Waals surface area (Å²) in [5.41, 5.74) is 9.21. The molecule has 3 saturated carbocycles. The van der Waals surface area contributed by atoms with Crippen LogP contribution in [0.25, 0.3) is 0 Å². The number of benzene rings is 4. The van der Waals surface area contributed by atoms with E-state index in [0.717, 1.165) is 166 Å². The quantitative estimate of drug-likeness (QED) is 0.0373. The van der Waals surface area contributed by atoms with E-state index in [4.69, 9.17) is 4.74 Å². The molecule has 0 bridgehead atoms. The molecule has 5 aliphatic heterocycles. The van der Waals surface area contributed by atoms with Crippen molar-refractivity contribution in [3.63, 3.8) is 0 Å². The number of hydrogen-bond acceptors (Lipinski definition) is 24. The molecule has 4 aromatic carbocycles. The number of piperazine rings is 2. The number of nitrogens with one attached hydrogen (secondary N) is 7. The van der Waals surface area contributed by atoms with E-state index in [1.165, 1.54) is 78.8 Å². The average molecular weight is 1550 g/mol. The topological polar surface area (TPSA) is 282 Å². The predicted octanol–water partition coefficient (Wildman–Crippen LogP) is 15.0. The lowest BCUT2D eigenvalue weighted by Crippen LogP contribution is -2.47. The second kappa shape index (κ2) is 35.1. The second-order valence-corrected chi connectivity index (χ2v) is 30.7. The average Bonchev–Trinajstić information content (AvgIpc) is 1.72. The van der Waals surface area contributed by atoms with Crippen molar-refractivity contribution in [3.8, 4) is 0 Å². The Morgan fingerprint density at radius 2 is 0.826 bits per heavy atom. The molecule has 12 aromatic rings. The van der Waals surface area contributed by atoms with Crippen molar-refractivity contribution in [3.05, 3.63) is 246 Å². The van der Waals surface area contributed by atoms with E-state index in [1.807, 2.05) is 59.6 Å². The summed E-state index contributed by atoms with van der Waals surface area (Å²) in [6, 6.07) is 50.9. The van der Waals surface area contributed by atoms with Gasteiger partial charge in [0.25, 0.3) is 0 Å². The minimum atomic E-state index is -0.507. The Kier molecular flexibility index (Phi) is 23.0. The number of anilines is 13.